The van der Waals surface area contributed by atoms with E-state index in [1.165, 1.54) is 30.4 Å². The van der Waals surface area contributed by atoms with Crippen molar-refractivity contribution in [2.75, 3.05) is 0 Å². The van der Waals surface area contributed by atoms with Crippen LogP contribution in [-0.2, 0) is 12.8 Å². The predicted octanol–water partition coefficient (Wildman–Crippen LogP) is 3.73. The van der Waals surface area contributed by atoms with Gasteiger partial charge in [-0.25, -0.2) is 9.97 Å². The molecule has 5 heteroatoms. The zero-order valence-corrected chi connectivity index (χ0v) is 14.1. The molecular formula is C19H21N5. The van der Waals surface area contributed by atoms with Crippen LogP contribution in [0.3, 0.4) is 0 Å². The van der Waals surface area contributed by atoms with E-state index < -0.39 is 0 Å². The van der Waals surface area contributed by atoms with Gasteiger partial charge in [0.05, 0.1) is 0 Å². The molecule has 5 nitrogen and oxygen atoms in total. The van der Waals surface area contributed by atoms with Gasteiger partial charge in [-0.1, -0.05) is 30.7 Å². The van der Waals surface area contributed by atoms with Crippen molar-refractivity contribution < 1.29 is 0 Å². The lowest BCUT2D eigenvalue weighted by Gasteiger charge is -2.16. The molecule has 2 aromatic rings. The summed E-state index contributed by atoms with van der Waals surface area (Å²) in [4.78, 5) is 18.6. The molecule has 0 amide bonds. The molecule has 1 aromatic carbocycles. The minimum Gasteiger partial charge on any atom is -0.312 e. The third-order valence-corrected chi connectivity index (χ3v) is 4.58. The number of aliphatic imine (C=N–C) groups is 2. The van der Waals surface area contributed by atoms with E-state index in [0.29, 0.717) is 5.96 Å². The monoisotopic (exact) mass is 319 g/mol. The number of guanidine groups is 1. The summed E-state index contributed by atoms with van der Waals surface area (Å²) in [5.41, 5.74) is 4.60. The highest BCUT2D eigenvalue weighted by atomic mass is 15.3. The molecule has 0 spiro atoms. The number of nitrogens with one attached hydrogen (secondary N) is 1. The van der Waals surface area contributed by atoms with Gasteiger partial charge in [-0.2, -0.15) is 9.98 Å². The van der Waals surface area contributed by atoms with E-state index in [2.05, 4.69) is 34.4 Å². The van der Waals surface area contributed by atoms with Crippen LogP contribution < -0.4 is 5.32 Å². The van der Waals surface area contributed by atoms with E-state index in [1.54, 1.807) is 0 Å². The average molecular weight is 319 g/mol. The molecule has 0 atom stereocenters. The topological polar surface area (TPSA) is 62.5 Å². The summed E-state index contributed by atoms with van der Waals surface area (Å²) >= 11 is 0. The number of fused-ring (bicyclic) bond motifs is 1. The zero-order valence-electron chi connectivity index (χ0n) is 14.1. The first-order valence-electron chi connectivity index (χ1n) is 8.57. The van der Waals surface area contributed by atoms with Crippen molar-refractivity contribution in [1.82, 2.24) is 15.3 Å². The Morgan fingerprint density at radius 2 is 1.79 bits per heavy atom. The van der Waals surface area contributed by atoms with Crippen molar-refractivity contribution >= 4 is 17.6 Å². The summed E-state index contributed by atoms with van der Waals surface area (Å²) in [7, 11) is 0. The van der Waals surface area contributed by atoms with Crippen molar-refractivity contribution in [2.45, 2.75) is 46.0 Å². The van der Waals surface area contributed by atoms with Gasteiger partial charge in [0.2, 0.25) is 5.96 Å². The Morgan fingerprint density at radius 1 is 1.00 bits per heavy atom. The molecule has 1 aliphatic heterocycles. The van der Waals surface area contributed by atoms with Crippen LogP contribution in [0.15, 0.2) is 34.3 Å². The Bertz CT molecular complexity index is 851. The molecule has 122 valence electrons. The summed E-state index contributed by atoms with van der Waals surface area (Å²) in [5, 5.41) is 3.12. The maximum Gasteiger partial charge on any atom is 0.231 e. The third kappa shape index (κ3) is 2.82. The Kier molecular flexibility index (Phi) is 3.84. The summed E-state index contributed by atoms with van der Waals surface area (Å²) in [6.07, 6.45) is 5.60. The second-order valence-electron chi connectivity index (χ2n) is 6.43. The quantitative estimate of drug-likeness (QED) is 0.858. The van der Waals surface area contributed by atoms with Gasteiger partial charge in [-0.05, 0) is 45.1 Å². The number of aryl methyl sites for hydroxylation is 2. The molecule has 1 aliphatic carbocycles. The Hall–Kier alpha value is -2.56. The van der Waals surface area contributed by atoms with Gasteiger partial charge >= 0.3 is 0 Å². The smallest absolute Gasteiger partial charge is 0.231 e. The number of aromatic nitrogens is 2. The fourth-order valence-electron chi connectivity index (χ4n) is 3.26. The predicted molar refractivity (Wildman–Crippen MR) is 96.8 cm³/mol. The first-order valence-corrected chi connectivity index (χ1v) is 8.57. The van der Waals surface area contributed by atoms with E-state index in [-0.39, 0.29) is 0 Å². The van der Waals surface area contributed by atoms with Gasteiger partial charge in [-0.3, -0.25) is 0 Å². The molecule has 0 saturated carbocycles. The molecule has 0 saturated heterocycles. The van der Waals surface area contributed by atoms with Crippen molar-refractivity contribution in [2.24, 2.45) is 9.98 Å². The third-order valence-electron chi connectivity index (χ3n) is 4.58. The molecule has 4 rings (SSSR count). The second kappa shape index (κ2) is 6.15. The van der Waals surface area contributed by atoms with Gasteiger partial charge in [0, 0.05) is 16.8 Å². The lowest BCUT2D eigenvalue weighted by Crippen LogP contribution is -2.37. The van der Waals surface area contributed by atoms with Gasteiger partial charge in [0.15, 0.2) is 11.6 Å². The standard InChI is InChI=1S/C19H21N5/c1-12-8-6-7-9-14(12)17-22-16-11-5-3-4-10-15(16)18(23-17)24-19-20-13(2)21-19/h6-9H,3-5,10-11H2,1-2H3,(H,20,21,22,23,24). The molecular weight excluding hydrogens is 298 g/mol. The molecule has 2 heterocycles. The maximum absolute atomic E-state index is 4.89. The van der Waals surface area contributed by atoms with E-state index in [1.807, 2.05) is 19.1 Å². The van der Waals surface area contributed by atoms with Crippen LogP contribution in [0.2, 0.25) is 0 Å². The van der Waals surface area contributed by atoms with Crippen LogP contribution in [-0.4, -0.2) is 21.8 Å². The Morgan fingerprint density at radius 3 is 2.58 bits per heavy atom. The molecule has 0 bridgehead atoms. The normalized spacial score (nSPS) is 18.2. The fraction of sp³-hybridized carbons (Fsp3) is 0.368. The van der Waals surface area contributed by atoms with Crippen LogP contribution in [0.4, 0.5) is 5.82 Å². The second-order valence-corrected chi connectivity index (χ2v) is 6.43. The first-order chi connectivity index (χ1) is 11.7. The molecule has 0 fully saturated rings. The average Bonchev–Trinajstić information content (AvgIpc) is 2.79. The molecule has 24 heavy (non-hydrogen) atoms. The Labute approximate surface area is 142 Å². The van der Waals surface area contributed by atoms with Crippen LogP contribution in [0.25, 0.3) is 11.4 Å². The summed E-state index contributed by atoms with van der Waals surface area (Å²) < 4.78 is 0. The zero-order chi connectivity index (χ0) is 16.5. The highest BCUT2D eigenvalue weighted by molar-refractivity contribution is 6.13. The molecule has 1 N–H and O–H groups in total. The van der Waals surface area contributed by atoms with E-state index >= 15 is 0 Å². The fourth-order valence-corrected chi connectivity index (χ4v) is 3.26. The van der Waals surface area contributed by atoms with Gasteiger partial charge in [0.1, 0.15) is 5.84 Å². The number of rotatable bonds is 2. The summed E-state index contributed by atoms with van der Waals surface area (Å²) in [5.74, 6) is 3.09. The number of amidine groups is 1. The highest BCUT2D eigenvalue weighted by Gasteiger charge is 2.19. The molecule has 0 unspecified atom stereocenters. The van der Waals surface area contributed by atoms with Gasteiger partial charge in [-0.15, -0.1) is 0 Å². The summed E-state index contributed by atoms with van der Waals surface area (Å²) in [6.45, 7) is 4.02. The van der Waals surface area contributed by atoms with E-state index in [0.717, 1.165) is 41.6 Å². The molecule has 0 radical (unpaired) electrons. The van der Waals surface area contributed by atoms with Gasteiger partial charge < -0.3 is 5.32 Å². The lowest BCUT2D eigenvalue weighted by molar-refractivity contribution is 0.709. The highest BCUT2D eigenvalue weighted by Crippen LogP contribution is 2.30. The largest absolute Gasteiger partial charge is 0.312 e. The first kappa shape index (κ1) is 15.0. The van der Waals surface area contributed by atoms with Crippen LogP contribution in [0.1, 0.15) is 43.0 Å². The molecule has 1 aromatic heterocycles. The van der Waals surface area contributed by atoms with Gasteiger partial charge in [0.25, 0.3) is 0 Å². The van der Waals surface area contributed by atoms with Crippen molar-refractivity contribution in [3.8, 4) is 11.4 Å². The van der Waals surface area contributed by atoms with Crippen LogP contribution in [0.5, 0.6) is 0 Å². The van der Waals surface area contributed by atoms with E-state index in [4.69, 9.17) is 9.97 Å². The maximum atomic E-state index is 4.89. The number of benzene rings is 1. The number of hydrogen-bond acceptors (Lipinski definition) is 3. The van der Waals surface area contributed by atoms with E-state index in [9.17, 15) is 0 Å². The minimum atomic E-state index is 0.647. The van der Waals surface area contributed by atoms with Crippen molar-refractivity contribution in [3.05, 3.63) is 41.1 Å². The number of nitrogens with zero attached hydrogens (tertiary/aromatic N) is 4. The van der Waals surface area contributed by atoms with Crippen LogP contribution in [0, 0.1) is 6.92 Å². The van der Waals surface area contributed by atoms with Crippen molar-refractivity contribution in [3.63, 3.8) is 0 Å². The minimum absolute atomic E-state index is 0.647. The Balaban J connectivity index is 1.86. The number of hydrogen-bond donors (Lipinski definition) is 1. The summed E-state index contributed by atoms with van der Waals surface area (Å²) in [6, 6.07) is 8.24. The van der Waals surface area contributed by atoms with Crippen LogP contribution >= 0.6 is 0 Å². The molecule has 2 aliphatic rings. The SMILES string of the molecule is CC1=NC(=Nc2nc(-c3ccccc3C)nc3c2CCCCC3)N1. The van der Waals surface area contributed by atoms with Crippen molar-refractivity contribution in [1.29, 1.82) is 0 Å². The lowest BCUT2D eigenvalue weighted by atomic mass is 10.1.